The van der Waals surface area contributed by atoms with Gasteiger partial charge in [-0.05, 0) is 0 Å². The maximum absolute atomic E-state index is 0. The Kier molecular flexibility index (Phi) is 109. The van der Waals surface area contributed by atoms with Crippen LogP contribution >= 0.6 is 0 Å². The SMILES string of the molecule is [B].[Ce].[Er].[V]. The number of hydrogen-bond donors (Lipinski definition) is 0. The van der Waals surface area contributed by atoms with E-state index in [-0.39, 0.29) is 106 Å². The third-order valence-corrected chi connectivity index (χ3v) is 0. The van der Waals surface area contributed by atoms with E-state index in [1.165, 1.54) is 0 Å². The van der Waals surface area contributed by atoms with E-state index in [1.807, 2.05) is 0 Å². The van der Waals surface area contributed by atoms with E-state index >= 15 is 0 Å². The Hall–Kier alpha value is 3.27. The van der Waals surface area contributed by atoms with E-state index in [4.69, 9.17) is 0 Å². The van der Waals surface area contributed by atoms with Gasteiger partial charge in [0.05, 0.1) is 0 Å². The van der Waals surface area contributed by atoms with Crippen LogP contribution in [0.25, 0.3) is 0 Å². The first-order valence-corrected chi connectivity index (χ1v) is 0. The van der Waals surface area contributed by atoms with Crippen LogP contribution in [0.15, 0.2) is 0 Å². The Morgan fingerprint density at radius 2 is 1.00 bits per heavy atom. The first-order valence-electron chi connectivity index (χ1n) is 0. The Morgan fingerprint density at radius 1 is 1.00 bits per heavy atom. The molecule has 0 aromatic carbocycles. The zero-order chi connectivity index (χ0) is 0. The summed E-state index contributed by atoms with van der Waals surface area (Å²) in [5.74, 6) is 0. The van der Waals surface area contributed by atoms with Crippen LogP contribution in [0.3, 0.4) is 0 Å². The fraction of sp³-hybridized carbons (Fsp3) is 0. The molecule has 4 heteroatoms. The molecule has 0 fully saturated rings. The zero-order valence-electron chi connectivity index (χ0n) is 1.81. The minimum absolute atomic E-state index is 0. The molecule has 0 heterocycles. The van der Waals surface area contributed by atoms with Crippen LogP contribution in [0.5, 0.6) is 0 Å². The zero-order valence-corrected chi connectivity index (χ0v) is 8.20. The molecule has 0 aromatic rings. The molecule has 0 saturated heterocycles. The van der Waals surface area contributed by atoms with Gasteiger partial charge in [-0.25, -0.2) is 0 Å². The van der Waals surface area contributed by atoms with Crippen molar-refractivity contribution < 1.29 is 97.6 Å². The Bertz CT molecular complexity index is 8.00. The summed E-state index contributed by atoms with van der Waals surface area (Å²) in [5, 5.41) is 0. The summed E-state index contributed by atoms with van der Waals surface area (Å²) in [6, 6.07) is 0. The fourth-order valence-corrected chi connectivity index (χ4v) is 0. The van der Waals surface area contributed by atoms with Crippen molar-refractivity contribution >= 4 is 8.41 Å². The summed E-state index contributed by atoms with van der Waals surface area (Å²) >= 11 is 0. The second kappa shape index (κ2) is 16.3. The second-order valence-electron chi connectivity index (χ2n) is 0. The predicted octanol–water partition coefficient (Wildman–Crippen LogP) is -0.383. The molecule has 0 N–H and O–H groups in total. The van der Waals surface area contributed by atoms with Crippen molar-refractivity contribution in [3.63, 3.8) is 0 Å². The minimum Gasteiger partial charge on any atom is 0 e. The number of rotatable bonds is 0. The molecular weight excluding hydrogens is 369 g/mol. The van der Waals surface area contributed by atoms with Gasteiger partial charge < -0.3 is 0 Å². The van der Waals surface area contributed by atoms with Gasteiger partial charge in [0, 0.05) is 106 Å². The first-order chi connectivity index (χ1) is 0. The van der Waals surface area contributed by atoms with Crippen molar-refractivity contribution in [1.29, 1.82) is 0 Å². The summed E-state index contributed by atoms with van der Waals surface area (Å²) in [7, 11) is 0. The van der Waals surface area contributed by atoms with E-state index in [9.17, 15) is 0 Å². The van der Waals surface area contributed by atoms with E-state index in [2.05, 4.69) is 0 Å². The summed E-state index contributed by atoms with van der Waals surface area (Å²) in [6.07, 6.45) is 0. The van der Waals surface area contributed by atoms with Crippen molar-refractivity contribution in [2.24, 2.45) is 0 Å². The van der Waals surface area contributed by atoms with Gasteiger partial charge in [0.2, 0.25) is 0 Å². The second-order valence-corrected chi connectivity index (χ2v) is 0. The van der Waals surface area contributed by atoms with Crippen LogP contribution in [0.2, 0.25) is 0 Å². The van der Waals surface area contributed by atoms with Crippen molar-refractivity contribution in [2.75, 3.05) is 0 Å². The Balaban J connectivity index is 0. The topological polar surface area (TPSA) is 0 Å². The van der Waals surface area contributed by atoms with Crippen molar-refractivity contribution in [2.45, 2.75) is 0 Å². The van der Waals surface area contributed by atoms with Crippen LogP contribution in [0.1, 0.15) is 0 Å². The first kappa shape index (κ1) is 26.7. The van der Waals surface area contributed by atoms with Crippen LogP contribution < -0.4 is 0 Å². The average Bonchev–Trinajstić information content (AvgIpc) is 0. The van der Waals surface area contributed by atoms with Crippen LogP contribution in [0.4, 0.5) is 0 Å². The average molecular weight is 369 g/mol. The van der Waals surface area contributed by atoms with Gasteiger partial charge in [0.15, 0.2) is 0 Å². The largest absolute Gasteiger partial charge is 0 e. The molecule has 24 valence electrons. The van der Waals surface area contributed by atoms with Gasteiger partial charge in [0.25, 0.3) is 0 Å². The van der Waals surface area contributed by atoms with Crippen molar-refractivity contribution in [1.82, 2.24) is 0 Å². The molecule has 0 aliphatic heterocycles. The van der Waals surface area contributed by atoms with Crippen molar-refractivity contribution in [3.8, 4) is 0 Å². The molecule has 0 rings (SSSR count). The molecule has 0 aliphatic rings. The molecule has 0 nitrogen and oxygen atoms in total. The molecule has 0 aliphatic carbocycles. The van der Waals surface area contributed by atoms with Gasteiger partial charge >= 0.3 is 0 Å². The van der Waals surface area contributed by atoms with Crippen LogP contribution in [0, 0.1) is 79.1 Å². The normalized spacial score (nSPS) is 0. The Labute approximate surface area is 103 Å². The van der Waals surface area contributed by atoms with E-state index < -0.39 is 0 Å². The monoisotopic (exact) mass is 368 g/mol. The molecule has 4 heavy (non-hydrogen) atoms. The van der Waals surface area contributed by atoms with Crippen LogP contribution in [-0.2, 0) is 18.6 Å². The molecule has 0 atom stereocenters. The molecule has 0 saturated carbocycles. The van der Waals surface area contributed by atoms with Gasteiger partial charge in [-0.1, -0.05) is 0 Å². The van der Waals surface area contributed by atoms with Crippen molar-refractivity contribution in [3.05, 3.63) is 0 Å². The molecule has 4 radical (unpaired) electrons. The summed E-state index contributed by atoms with van der Waals surface area (Å²) in [6.45, 7) is 0. The molecule has 0 unspecified atom stereocenters. The van der Waals surface area contributed by atoms with Gasteiger partial charge in [-0.2, -0.15) is 0 Å². The van der Waals surface area contributed by atoms with Gasteiger partial charge in [-0.15, -0.1) is 0 Å². The summed E-state index contributed by atoms with van der Waals surface area (Å²) in [4.78, 5) is 0. The molecule has 0 bridgehead atoms. The quantitative estimate of drug-likeness (QED) is 0.511. The summed E-state index contributed by atoms with van der Waals surface area (Å²) < 4.78 is 0. The maximum atomic E-state index is 0. The van der Waals surface area contributed by atoms with E-state index in [0.717, 1.165) is 0 Å². The summed E-state index contributed by atoms with van der Waals surface area (Å²) in [5.41, 5.74) is 0. The fourth-order valence-electron chi connectivity index (χ4n) is 0. The Morgan fingerprint density at radius 3 is 1.00 bits per heavy atom. The standard InChI is InChI=1S/B.Ce.Er.V. The van der Waals surface area contributed by atoms with Gasteiger partial charge in [-0.3, -0.25) is 0 Å². The van der Waals surface area contributed by atoms with E-state index in [1.54, 1.807) is 0 Å². The molecule has 0 spiro atoms. The van der Waals surface area contributed by atoms with Crippen LogP contribution in [-0.4, -0.2) is 8.41 Å². The number of hydrogen-bond acceptors (Lipinski definition) is 0. The molecule has 0 amide bonds. The molecule has 0 aromatic heterocycles. The third-order valence-electron chi connectivity index (χ3n) is 0. The predicted molar refractivity (Wildman–Crippen MR) is 5.75 cm³/mol. The third kappa shape index (κ3) is 8.99. The smallest absolute Gasteiger partial charge is 0 e. The maximum Gasteiger partial charge on any atom is 0 e. The molecular formula is BCeErV. The van der Waals surface area contributed by atoms with Gasteiger partial charge in [0.1, 0.15) is 0 Å². The van der Waals surface area contributed by atoms with E-state index in [0.29, 0.717) is 0 Å². The minimum atomic E-state index is 0.